The monoisotopic (exact) mass is 238 g/mol. The van der Waals surface area contributed by atoms with Crippen LogP contribution in [0.1, 0.15) is 58.8 Å². The number of nitrogens with zero attached hydrogens (tertiary/aromatic N) is 1. The molecule has 1 aliphatic heterocycles. The smallest absolute Gasteiger partial charge is 0.0107 e. The van der Waals surface area contributed by atoms with Gasteiger partial charge in [-0.3, -0.25) is 0 Å². The highest BCUT2D eigenvalue weighted by atomic mass is 15.1. The van der Waals surface area contributed by atoms with Gasteiger partial charge in [0.05, 0.1) is 0 Å². The second kappa shape index (κ2) is 6.19. The maximum atomic E-state index is 3.76. The van der Waals surface area contributed by atoms with Gasteiger partial charge < -0.3 is 10.2 Å². The molecule has 0 amide bonds. The van der Waals surface area contributed by atoms with E-state index in [1.807, 2.05) is 0 Å². The van der Waals surface area contributed by atoms with E-state index in [1.165, 1.54) is 71.1 Å². The van der Waals surface area contributed by atoms with Crippen molar-refractivity contribution in [1.29, 1.82) is 0 Å². The van der Waals surface area contributed by atoms with Gasteiger partial charge in [0.1, 0.15) is 0 Å². The van der Waals surface area contributed by atoms with Crippen LogP contribution in [0.5, 0.6) is 0 Å². The molecular formula is C15H30N2. The molecule has 2 heteroatoms. The molecule has 1 atom stereocenters. The van der Waals surface area contributed by atoms with Gasteiger partial charge in [-0.2, -0.15) is 0 Å². The molecule has 2 aliphatic rings. The predicted molar refractivity (Wildman–Crippen MR) is 74.3 cm³/mol. The minimum Gasteiger partial charge on any atom is -0.313 e. The molecule has 0 spiro atoms. The van der Waals surface area contributed by atoms with Crippen molar-refractivity contribution in [2.24, 2.45) is 5.41 Å². The summed E-state index contributed by atoms with van der Waals surface area (Å²) in [7, 11) is 0. The van der Waals surface area contributed by atoms with Crippen LogP contribution in [0.3, 0.4) is 0 Å². The van der Waals surface area contributed by atoms with E-state index >= 15 is 0 Å². The van der Waals surface area contributed by atoms with Crippen molar-refractivity contribution in [3.63, 3.8) is 0 Å². The summed E-state index contributed by atoms with van der Waals surface area (Å²) < 4.78 is 0. The topological polar surface area (TPSA) is 15.3 Å². The zero-order valence-electron chi connectivity index (χ0n) is 11.8. The average Bonchev–Trinajstić information content (AvgIpc) is 2.52. The van der Waals surface area contributed by atoms with Crippen molar-refractivity contribution < 1.29 is 0 Å². The summed E-state index contributed by atoms with van der Waals surface area (Å²) in [6.07, 6.45) is 9.86. The normalized spacial score (nSPS) is 30.4. The summed E-state index contributed by atoms with van der Waals surface area (Å²) >= 11 is 0. The van der Waals surface area contributed by atoms with Gasteiger partial charge in [-0.25, -0.2) is 0 Å². The summed E-state index contributed by atoms with van der Waals surface area (Å²) in [5.41, 5.74) is 0.584. The lowest BCUT2D eigenvalue weighted by atomic mass is 9.92. The van der Waals surface area contributed by atoms with E-state index in [9.17, 15) is 0 Å². The molecule has 2 rings (SSSR count). The molecule has 1 aliphatic carbocycles. The maximum absolute atomic E-state index is 3.76. The van der Waals surface area contributed by atoms with Gasteiger partial charge in [0.15, 0.2) is 0 Å². The van der Waals surface area contributed by atoms with Gasteiger partial charge in [0.2, 0.25) is 0 Å². The van der Waals surface area contributed by atoms with Crippen molar-refractivity contribution in [1.82, 2.24) is 10.2 Å². The molecule has 17 heavy (non-hydrogen) atoms. The summed E-state index contributed by atoms with van der Waals surface area (Å²) in [4.78, 5) is 2.65. The van der Waals surface area contributed by atoms with E-state index < -0.39 is 0 Å². The number of nitrogens with one attached hydrogen (secondary N) is 1. The minimum absolute atomic E-state index is 0.584. The van der Waals surface area contributed by atoms with Crippen LogP contribution < -0.4 is 5.32 Å². The molecule has 1 saturated heterocycles. The molecule has 0 aromatic heterocycles. The summed E-state index contributed by atoms with van der Waals surface area (Å²) in [5, 5.41) is 3.76. The number of rotatable bonds is 4. The fourth-order valence-electron chi connectivity index (χ4n) is 3.40. The Bertz CT molecular complexity index is 212. The van der Waals surface area contributed by atoms with Gasteiger partial charge in [0.25, 0.3) is 0 Å². The van der Waals surface area contributed by atoms with Crippen molar-refractivity contribution >= 4 is 0 Å². The van der Waals surface area contributed by atoms with E-state index in [4.69, 9.17) is 0 Å². The van der Waals surface area contributed by atoms with Crippen LogP contribution in [0, 0.1) is 5.41 Å². The highest BCUT2D eigenvalue weighted by Gasteiger charge is 2.30. The molecule has 0 aromatic rings. The largest absolute Gasteiger partial charge is 0.313 e. The molecule has 1 unspecified atom stereocenters. The first kappa shape index (κ1) is 13.4. The zero-order valence-corrected chi connectivity index (χ0v) is 11.8. The van der Waals surface area contributed by atoms with Gasteiger partial charge in [-0.05, 0) is 50.6 Å². The molecule has 1 N–H and O–H groups in total. The fraction of sp³-hybridized carbons (Fsp3) is 1.00. The van der Waals surface area contributed by atoms with Gasteiger partial charge >= 0.3 is 0 Å². The van der Waals surface area contributed by atoms with Crippen molar-refractivity contribution in [2.75, 3.05) is 26.2 Å². The first-order chi connectivity index (χ1) is 8.16. The van der Waals surface area contributed by atoms with E-state index in [1.54, 1.807) is 0 Å². The molecule has 100 valence electrons. The Morgan fingerprint density at radius 1 is 1.12 bits per heavy atom. The SMILES string of the molecule is CC1(C)CCC(NCCN2CCCCCC2)C1. The molecule has 2 fully saturated rings. The van der Waals surface area contributed by atoms with Crippen molar-refractivity contribution in [3.05, 3.63) is 0 Å². The van der Waals surface area contributed by atoms with Crippen LogP contribution in [0.25, 0.3) is 0 Å². The van der Waals surface area contributed by atoms with E-state index in [0.717, 1.165) is 6.04 Å². The third kappa shape index (κ3) is 4.59. The molecule has 0 bridgehead atoms. The lowest BCUT2D eigenvalue weighted by Gasteiger charge is -2.22. The fourth-order valence-corrected chi connectivity index (χ4v) is 3.40. The van der Waals surface area contributed by atoms with Crippen LogP contribution in [-0.2, 0) is 0 Å². The van der Waals surface area contributed by atoms with Crippen molar-refractivity contribution in [3.8, 4) is 0 Å². The molecule has 2 nitrogen and oxygen atoms in total. The maximum Gasteiger partial charge on any atom is 0.0107 e. The lowest BCUT2D eigenvalue weighted by molar-refractivity contribution is 0.276. The molecule has 1 heterocycles. The van der Waals surface area contributed by atoms with Crippen LogP contribution >= 0.6 is 0 Å². The van der Waals surface area contributed by atoms with Crippen LogP contribution in [-0.4, -0.2) is 37.1 Å². The van der Waals surface area contributed by atoms with Gasteiger partial charge in [0, 0.05) is 19.1 Å². The standard InChI is InChI=1S/C15H30N2/c1-15(2)8-7-14(13-15)16-9-12-17-10-5-3-4-6-11-17/h14,16H,3-13H2,1-2H3. The molecule has 0 aromatic carbocycles. The second-order valence-corrected chi connectivity index (χ2v) is 6.81. The minimum atomic E-state index is 0.584. The highest BCUT2D eigenvalue weighted by molar-refractivity contribution is 4.86. The Morgan fingerprint density at radius 3 is 2.41 bits per heavy atom. The number of hydrogen-bond donors (Lipinski definition) is 1. The Balaban J connectivity index is 1.59. The van der Waals surface area contributed by atoms with Crippen LogP contribution in [0.4, 0.5) is 0 Å². The second-order valence-electron chi connectivity index (χ2n) is 6.81. The lowest BCUT2D eigenvalue weighted by Crippen LogP contribution is -2.37. The number of hydrogen-bond acceptors (Lipinski definition) is 2. The van der Waals surface area contributed by atoms with Gasteiger partial charge in [-0.15, -0.1) is 0 Å². The van der Waals surface area contributed by atoms with Crippen LogP contribution in [0.2, 0.25) is 0 Å². The van der Waals surface area contributed by atoms with E-state index in [0.29, 0.717) is 5.41 Å². The first-order valence-electron chi connectivity index (χ1n) is 7.61. The van der Waals surface area contributed by atoms with Crippen LogP contribution in [0.15, 0.2) is 0 Å². The van der Waals surface area contributed by atoms with E-state index in [2.05, 4.69) is 24.1 Å². The first-order valence-corrected chi connectivity index (χ1v) is 7.61. The summed E-state index contributed by atoms with van der Waals surface area (Å²) in [6.45, 7) is 9.93. The molecule has 0 radical (unpaired) electrons. The molecule has 1 saturated carbocycles. The Labute approximate surface area is 107 Å². The molecular weight excluding hydrogens is 208 g/mol. The Kier molecular flexibility index (Phi) is 4.87. The van der Waals surface area contributed by atoms with Gasteiger partial charge in [-0.1, -0.05) is 26.7 Å². The quantitative estimate of drug-likeness (QED) is 0.810. The third-order valence-corrected chi connectivity index (χ3v) is 4.53. The third-order valence-electron chi connectivity index (χ3n) is 4.53. The van der Waals surface area contributed by atoms with E-state index in [-0.39, 0.29) is 0 Å². The zero-order chi connectivity index (χ0) is 12.1. The Hall–Kier alpha value is -0.0800. The predicted octanol–water partition coefficient (Wildman–Crippen LogP) is 3.03. The van der Waals surface area contributed by atoms with Crippen molar-refractivity contribution in [2.45, 2.75) is 64.8 Å². The average molecular weight is 238 g/mol. The Morgan fingerprint density at radius 2 is 1.82 bits per heavy atom. The number of likely N-dealkylation sites (tertiary alicyclic amines) is 1. The summed E-state index contributed by atoms with van der Waals surface area (Å²) in [5.74, 6) is 0. The highest BCUT2D eigenvalue weighted by Crippen LogP contribution is 2.36. The summed E-state index contributed by atoms with van der Waals surface area (Å²) in [6, 6.07) is 0.789.